The average molecular weight is 841 g/mol. The van der Waals surface area contributed by atoms with Crippen LogP contribution >= 0.6 is 7.82 Å². The van der Waals surface area contributed by atoms with Crippen LogP contribution in [0.3, 0.4) is 0 Å². The van der Waals surface area contributed by atoms with Crippen LogP contribution in [0.1, 0.15) is 232 Å². The fourth-order valence-electron chi connectivity index (χ4n) is 7.25. The first-order valence-corrected chi connectivity index (χ1v) is 26.1. The van der Waals surface area contributed by atoms with Gasteiger partial charge < -0.3 is 28.8 Å². The number of quaternary nitrogens is 1. The van der Waals surface area contributed by atoms with Gasteiger partial charge in [-0.05, 0) is 44.9 Å². The molecule has 0 saturated heterocycles. The van der Waals surface area contributed by atoms with Crippen molar-refractivity contribution in [3.05, 3.63) is 24.3 Å². The minimum atomic E-state index is -4.57. The molecule has 2 N–H and O–H groups in total. The Balaban J connectivity index is 4.29. The maximum Gasteiger partial charge on any atom is 0.268 e. The number of hydrogen-bond donors (Lipinski definition) is 2. The second-order valence-electron chi connectivity index (χ2n) is 18.2. The van der Waals surface area contributed by atoms with E-state index in [2.05, 4.69) is 43.5 Å². The van der Waals surface area contributed by atoms with Crippen LogP contribution in [0.25, 0.3) is 0 Å². The Bertz CT molecular complexity index is 1000. The maximum atomic E-state index is 12.9. The zero-order valence-corrected chi connectivity index (χ0v) is 39.9. The number of hydrogen-bond acceptors (Lipinski definition) is 6. The summed E-state index contributed by atoms with van der Waals surface area (Å²) in [5.41, 5.74) is 0. The zero-order valence-electron chi connectivity index (χ0n) is 39.0. The zero-order chi connectivity index (χ0) is 42.8. The molecule has 58 heavy (non-hydrogen) atoms. The van der Waals surface area contributed by atoms with Gasteiger partial charge in [0.25, 0.3) is 7.82 Å². The number of likely N-dealkylation sites (N-methyl/N-ethyl adjacent to an activating group) is 1. The van der Waals surface area contributed by atoms with Gasteiger partial charge in [-0.1, -0.05) is 205 Å². The minimum Gasteiger partial charge on any atom is -0.756 e. The van der Waals surface area contributed by atoms with Crippen molar-refractivity contribution >= 4 is 13.7 Å². The van der Waals surface area contributed by atoms with Gasteiger partial charge in [0, 0.05) is 6.42 Å². The molecule has 0 aliphatic carbocycles. The number of allylic oxidation sites excluding steroid dienone is 4. The van der Waals surface area contributed by atoms with E-state index in [-0.39, 0.29) is 19.1 Å². The van der Waals surface area contributed by atoms with Crippen LogP contribution in [0, 0.1) is 0 Å². The minimum absolute atomic E-state index is 0.0122. The van der Waals surface area contributed by atoms with Crippen molar-refractivity contribution in [2.45, 2.75) is 244 Å². The highest BCUT2D eigenvalue weighted by Gasteiger charge is 2.24. The Morgan fingerprint density at radius 3 is 1.47 bits per heavy atom. The molecule has 0 saturated carbocycles. The summed E-state index contributed by atoms with van der Waals surface area (Å²) in [6, 6.07) is -0.800. The molecule has 8 nitrogen and oxygen atoms in total. The van der Waals surface area contributed by atoms with Gasteiger partial charge in [0.2, 0.25) is 5.91 Å². The van der Waals surface area contributed by atoms with Crippen LogP contribution in [0.15, 0.2) is 24.3 Å². The number of nitrogens with one attached hydrogen (secondary N) is 1. The van der Waals surface area contributed by atoms with Crippen molar-refractivity contribution in [2.24, 2.45) is 0 Å². The molecular formula is C49H97N2O6P. The number of nitrogens with zero attached hydrogens (tertiary/aromatic N) is 1. The lowest BCUT2D eigenvalue weighted by molar-refractivity contribution is -0.870. The van der Waals surface area contributed by atoms with Gasteiger partial charge in [-0.3, -0.25) is 9.36 Å². The molecule has 9 heteroatoms. The molecule has 0 radical (unpaired) electrons. The fraction of sp³-hybridized carbons (Fsp3) is 0.898. The highest BCUT2D eigenvalue weighted by atomic mass is 31.2. The summed E-state index contributed by atoms with van der Waals surface area (Å²) < 4.78 is 23.3. The van der Waals surface area contributed by atoms with Gasteiger partial charge in [-0.15, -0.1) is 0 Å². The third-order valence-electron chi connectivity index (χ3n) is 11.2. The maximum absolute atomic E-state index is 12.9. The van der Waals surface area contributed by atoms with Crippen molar-refractivity contribution in [3.63, 3.8) is 0 Å². The largest absolute Gasteiger partial charge is 0.756 e. The lowest BCUT2D eigenvalue weighted by atomic mass is 10.0. The van der Waals surface area contributed by atoms with Crippen LogP contribution in [-0.2, 0) is 18.4 Å². The van der Waals surface area contributed by atoms with Gasteiger partial charge >= 0.3 is 0 Å². The summed E-state index contributed by atoms with van der Waals surface area (Å²) in [7, 11) is 1.31. The molecular weight excluding hydrogens is 744 g/mol. The first-order chi connectivity index (χ1) is 28.0. The van der Waals surface area contributed by atoms with E-state index in [1.54, 1.807) is 0 Å². The molecule has 1 amide bonds. The number of aliphatic hydroxyl groups is 1. The van der Waals surface area contributed by atoms with E-state index in [4.69, 9.17) is 9.05 Å². The van der Waals surface area contributed by atoms with E-state index in [0.717, 1.165) is 44.9 Å². The number of phosphoric ester groups is 1. The number of carbonyl (C=O) groups excluding carboxylic acids is 1. The molecule has 3 atom stereocenters. The lowest BCUT2D eigenvalue weighted by Crippen LogP contribution is -2.46. The lowest BCUT2D eigenvalue weighted by Gasteiger charge is -2.30. The molecule has 344 valence electrons. The molecule has 0 bridgehead atoms. The molecule has 0 heterocycles. The molecule has 0 rings (SSSR count). The quantitative estimate of drug-likeness (QED) is 0.0274. The molecule has 0 aromatic heterocycles. The Morgan fingerprint density at radius 2 is 1.00 bits per heavy atom. The fourth-order valence-corrected chi connectivity index (χ4v) is 7.97. The molecule has 0 aliphatic rings. The van der Waals surface area contributed by atoms with E-state index in [1.165, 1.54) is 161 Å². The van der Waals surface area contributed by atoms with Crippen molar-refractivity contribution in [1.82, 2.24) is 5.32 Å². The summed E-state index contributed by atoms with van der Waals surface area (Å²) >= 11 is 0. The van der Waals surface area contributed by atoms with Gasteiger partial charge in [0.1, 0.15) is 13.2 Å². The number of aliphatic hydroxyl groups excluding tert-OH is 1. The monoisotopic (exact) mass is 841 g/mol. The highest BCUT2D eigenvalue weighted by molar-refractivity contribution is 7.45. The smallest absolute Gasteiger partial charge is 0.268 e. The topological polar surface area (TPSA) is 108 Å². The summed E-state index contributed by atoms with van der Waals surface area (Å²) in [4.78, 5) is 25.4. The second kappa shape index (κ2) is 41.3. The van der Waals surface area contributed by atoms with Gasteiger partial charge in [-0.2, -0.15) is 0 Å². The summed E-state index contributed by atoms with van der Waals surface area (Å²) in [6.45, 7) is 4.71. The van der Waals surface area contributed by atoms with E-state index in [1.807, 2.05) is 21.1 Å². The van der Waals surface area contributed by atoms with Crippen LogP contribution in [0.5, 0.6) is 0 Å². The normalized spacial score (nSPS) is 14.4. The highest BCUT2D eigenvalue weighted by Crippen LogP contribution is 2.38. The first kappa shape index (κ1) is 57.0. The SMILES string of the molecule is CCCCC/C=C\C/C=C\CCCCCCCCCCCC(=O)NC(COP(=O)([O-])OCC[N+](C)(C)C)C(O)CCCCCCCCCCCCCCCCCCC. The van der Waals surface area contributed by atoms with Crippen molar-refractivity contribution < 1.29 is 32.9 Å². The molecule has 3 unspecified atom stereocenters. The predicted molar refractivity (Wildman–Crippen MR) is 247 cm³/mol. The standard InChI is InChI=1S/C49H97N2O6P/c1-6-8-10-12-14-16-18-20-22-24-25-27-29-31-33-35-37-39-41-43-49(53)50-47(46-57-58(54,55)56-45-44-51(3,4)5)48(52)42-40-38-36-34-32-30-28-26-23-21-19-17-15-13-11-9-7-2/h14,16,20,22,47-48,52H,6-13,15,17-19,21,23-46H2,1-5H3,(H-,50,53,54,55)/b16-14-,22-20-. The van der Waals surface area contributed by atoms with E-state index < -0.39 is 20.0 Å². The number of carbonyl (C=O) groups is 1. The van der Waals surface area contributed by atoms with Crippen molar-refractivity contribution in [3.8, 4) is 0 Å². The van der Waals surface area contributed by atoms with Crippen molar-refractivity contribution in [1.29, 1.82) is 0 Å². The van der Waals surface area contributed by atoms with E-state index in [0.29, 0.717) is 23.9 Å². The number of rotatable bonds is 45. The summed E-state index contributed by atoms with van der Waals surface area (Å²) in [6.07, 6.45) is 48.9. The summed E-state index contributed by atoms with van der Waals surface area (Å²) in [5.74, 6) is -0.168. The number of phosphoric acid groups is 1. The van der Waals surface area contributed by atoms with Gasteiger partial charge in [-0.25, -0.2) is 0 Å². The molecule has 0 aliphatic heterocycles. The van der Waals surface area contributed by atoms with Crippen molar-refractivity contribution in [2.75, 3.05) is 40.9 Å². The third-order valence-corrected chi connectivity index (χ3v) is 12.2. The van der Waals surface area contributed by atoms with E-state index in [9.17, 15) is 19.4 Å². The third kappa shape index (κ3) is 43.1. The summed E-state index contributed by atoms with van der Waals surface area (Å²) in [5, 5.41) is 14.0. The second-order valence-corrected chi connectivity index (χ2v) is 19.6. The Kier molecular flexibility index (Phi) is 40.6. The average Bonchev–Trinajstić information content (AvgIpc) is 3.17. The first-order valence-electron chi connectivity index (χ1n) is 24.7. The predicted octanol–water partition coefficient (Wildman–Crippen LogP) is 13.5. The van der Waals surface area contributed by atoms with Gasteiger partial charge in [0.15, 0.2) is 0 Å². The van der Waals surface area contributed by atoms with E-state index >= 15 is 0 Å². The van der Waals surface area contributed by atoms with Crippen LogP contribution < -0.4 is 10.2 Å². The Hall–Kier alpha value is -1.02. The van der Waals surface area contributed by atoms with Crippen LogP contribution in [0.4, 0.5) is 0 Å². The molecule has 0 aromatic carbocycles. The molecule has 0 fully saturated rings. The molecule has 0 spiro atoms. The van der Waals surface area contributed by atoms with Crippen LogP contribution in [-0.4, -0.2) is 68.5 Å². The Morgan fingerprint density at radius 1 is 0.603 bits per heavy atom. The molecule has 0 aromatic rings. The van der Waals surface area contributed by atoms with Gasteiger partial charge in [0.05, 0.1) is 39.9 Å². The Labute approximate surface area is 360 Å². The number of unbranched alkanes of at least 4 members (excludes halogenated alkanes) is 28. The van der Waals surface area contributed by atoms with Crippen LogP contribution in [0.2, 0.25) is 0 Å². The number of amides is 1.